The number of H-pyrrole nitrogens is 2. The maximum atomic E-state index is 15.2. The van der Waals surface area contributed by atoms with Crippen molar-refractivity contribution in [1.29, 1.82) is 5.41 Å². The third-order valence-corrected chi connectivity index (χ3v) is 23.3. The fraction of sp³-hybridized carbons (Fsp3) is 0.543. The second-order valence-corrected chi connectivity index (χ2v) is 36.9. The number of phenolic OH excluding ortho intramolecular Hbond substituents is 1. The standard InChI is InChI=1S/C92H136N24O22S2/c1-46(2)31-58(93)78(124)114-71(45-140)88(134)109-62(27-28-73(94)119)81(127)113-69(43-117)86(132)110-63(32-47(3)4)79(125)101-41-75(121)105-64(33-48(5)6)83(129)108-61(21-15-29-97-92(95)96)80(126)112-68(35-52-23-25-55(118)26-24-52)90(136)116-30-16-22-72(116)89(135)102-42-76(122)106-66(36-53-38-98-59-19-13-11-17-56(53)59)84(130)111-65(34-49(7)8)82(128)103-50(9)77(123)100-40-74(120)107-67(37-54-39-99-60-20-14-12-18-57(54)60)85(131)115-70(44-139)87(133)104-51(10)91(137)138/h11-14,17-20,23-26,38-39,46-51,58,61-72,98-99,117-118,139-140H,15-16,21-22,27-37,40-45,93H2,1-10H3,(H2,94,119)(H,100,123)(H,101,125)(H,102,135)(H,103,128)(H,104,133)(H,105,121)(H,106,122)(H,107,120)(H,108,129)(H,109,134)(H,110,132)(H,111,130)(H,112,126)(H,113,127)(H,114,124)(H,115,131)(H,137,138)(H4,95,96,97)/t50-,51-,58-,61-,62-,63-,64-,65-,66-,67-,68-,69-,70-,71-,72-/m0/s1. The van der Waals surface area contributed by atoms with E-state index in [2.05, 4.69) is 126 Å². The number of fused-ring (bicyclic) bond motifs is 2. The molecular formula is C92H136N24O22S2. The monoisotopic (exact) mass is 1990 g/mol. The number of carbonyl (C=O) groups excluding carboxylic acids is 18. The van der Waals surface area contributed by atoms with Gasteiger partial charge in [0.1, 0.15) is 90.3 Å². The fourth-order valence-corrected chi connectivity index (χ4v) is 15.8. The molecule has 1 saturated heterocycles. The maximum Gasteiger partial charge on any atom is 0.325 e. The highest BCUT2D eigenvalue weighted by Crippen LogP contribution is 2.25. The summed E-state index contributed by atoms with van der Waals surface area (Å²) in [7, 11) is 0. The molecule has 140 heavy (non-hydrogen) atoms. The first-order chi connectivity index (χ1) is 66.2. The van der Waals surface area contributed by atoms with Gasteiger partial charge < -0.3 is 138 Å². The van der Waals surface area contributed by atoms with Gasteiger partial charge in [-0.25, -0.2) is 0 Å². The van der Waals surface area contributed by atoms with Gasteiger partial charge in [-0.2, -0.15) is 25.3 Å². The number of phenols is 1. The number of rotatable bonds is 58. The largest absolute Gasteiger partial charge is 0.508 e. The average Bonchev–Trinajstić information content (AvgIpc) is 1.70. The number of aliphatic hydroxyl groups is 1. The van der Waals surface area contributed by atoms with Crippen LogP contribution in [-0.4, -0.2) is 290 Å². The molecule has 3 heterocycles. The van der Waals surface area contributed by atoms with Crippen LogP contribution in [0, 0.1) is 29.1 Å². The summed E-state index contributed by atoms with van der Waals surface area (Å²) in [5.74, 6) is -19.3. The Labute approximate surface area is 820 Å². The number of aromatic nitrogens is 2. The Morgan fingerprint density at radius 1 is 0.436 bits per heavy atom. The van der Waals surface area contributed by atoms with E-state index in [-0.39, 0.29) is 125 Å². The minimum atomic E-state index is -1.78. The van der Waals surface area contributed by atoms with Gasteiger partial charge >= 0.3 is 5.97 Å². The number of hydrogen-bond acceptors (Lipinski definition) is 25. The first kappa shape index (κ1) is 115. The zero-order valence-electron chi connectivity index (χ0n) is 80.1. The molecule has 48 heteroatoms. The fourth-order valence-electron chi connectivity index (χ4n) is 15.3. The lowest BCUT2D eigenvalue weighted by Crippen LogP contribution is -2.60. The number of carboxylic acids is 1. The summed E-state index contributed by atoms with van der Waals surface area (Å²) in [5, 5.41) is 82.3. The summed E-state index contributed by atoms with van der Waals surface area (Å²) < 4.78 is 0. The number of aromatic hydroxyl groups is 1. The second kappa shape index (κ2) is 57.0. The molecular weight excluding hydrogens is 1860 g/mol. The number of nitrogens with zero attached hydrogens (tertiary/aromatic N) is 1. The van der Waals surface area contributed by atoms with E-state index in [9.17, 15) is 102 Å². The lowest BCUT2D eigenvalue weighted by molar-refractivity contribution is -0.142. The van der Waals surface area contributed by atoms with E-state index >= 15 is 4.79 Å². The van der Waals surface area contributed by atoms with Crippen LogP contribution in [0.4, 0.5) is 0 Å². The van der Waals surface area contributed by atoms with Gasteiger partial charge in [-0.05, 0) is 136 Å². The lowest BCUT2D eigenvalue weighted by atomic mass is 10.0. The molecule has 0 bridgehead atoms. The minimum Gasteiger partial charge on any atom is -0.508 e. The van der Waals surface area contributed by atoms with Crippen molar-refractivity contribution in [3.63, 3.8) is 0 Å². The van der Waals surface area contributed by atoms with Gasteiger partial charge in [0.15, 0.2) is 5.96 Å². The number of guanidine groups is 1. The molecule has 29 N–H and O–H groups in total. The zero-order chi connectivity index (χ0) is 104. The molecule has 0 spiro atoms. The van der Waals surface area contributed by atoms with Gasteiger partial charge in [0.25, 0.3) is 0 Å². The van der Waals surface area contributed by atoms with E-state index in [1.165, 1.54) is 43.0 Å². The van der Waals surface area contributed by atoms with Crippen LogP contribution in [0.15, 0.2) is 85.2 Å². The Bertz CT molecular complexity index is 5170. The van der Waals surface area contributed by atoms with E-state index in [0.717, 1.165) is 0 Å². The molecule has 2 aromatic heterocycles. The van der Waals surface area contributed by atoms with Crippen molar-refractivity contribution in [2.24, 2.45) is 40.9 Å². The third kappa shape index (κ3) is 37.9. The molecule has 46 nitrogen and oxygen atoms in total. The molecule has 18 amide bonds. The van der Waals surface area contributed by atoms with Gasteiger partial charge in [0.05, 0.1) is 32.3 Å². The number of benzene rings is 3. The average molecular weight is 1990 g/mol. The first-order valence-electron chi connectivity index (χ1n) is 46.3. The highest BCUT2D eigenvalue weighted by molar-refractivity contribution is 7.80. The van der Waals surface area contributed by atoms with Crippen molar-refractivity contribution >= 4 is 165 Å². The van der Waals surface area contributed by atoms with Crippen molar-refractivity contribution in [2.75, 3.05) is 50.8 Å². The summed E-state index contributed by atoms with van der Waals surface area (Å²) >= 11 is 8.34. The smallest absolute Gasteiger partial charge is 0.325 e. The van der Waals surface area contributed by atoms with Crippen LogP contribution in [-0.2, 0) is 110 Å². The Balaban J connectivity index is 1.14. The Kier molecular flexibility index (Phi) is 46.9. The van der Waals surface area contributed by atoms with Gasteiger partial charge in [-0.15, -0.1) is 0 Å². The molecule has 0 unspecified atom stereocenters. The number of nitrogens with one attached hydrogen (secondary N) is 20. The van der Waals surface area contributed by atoms with Gasteiger partial charge in [-0.3, -0.25) is 96.5 Å². The predicted molar refractivity (Wildman–Crippen MR) is 522 cm³/mol. The number of aromatic amines is 2. The number of primary amides is 1. The van der Waals surface area contributed by atoms with Crippen LogP contribution in [0.25, 0.3) is 21.8 Å². The van der Waals surface area contributed by atoms with Crippen molar-refractivity contribution < 1.29 is 106 Å². The number of likely N-dealkylation sites (tertiary alicyclic amines) is 1. The number of nitrogens with two attached hydrogens (primary N) is 3. The van der Waals surface area contributed by atoms with Crippen LogP contribution in [0.5, 0.6) is 5.75 Å². The van der Waals surface area contributed by atoms with E-state index in [1.807, 2.05) is 13.8 Å². The number of carboxylic acid groups (broad SMARTS) is 1. The summed E-state index contributed by atoms with van der Waals surface area (Å²) in [5.41, 5.74) is 19.9. The second-order valence-electron chi connectivity index (χ2n) is 36.1. The Hall–Kier alpha value is -13.6. The predicted octanol–water partition coefficient (Wildman–Crippen LogP) is -3.96. The SMILES string of the molecule is CC(C)C[C@H](NC(=O)CNC(=O)[C@H](CC(C)C)NC(=O)[C@H](CO)NC(=O)[C@H](CCC(N)=O)NC(=O)[C@H](CS)NC(=O)[C@@H](N)CC(C)C)C(=O)N[C@@H](CCCNC(=N)N)C(=O)N[C@@H](Cc1ccc(O)cc1)C(=O)N1CCC[C@H]1C(=O)NCC(=O)N[C@@H](Cc1c[nH]c2ccccc12)C(=O)N[C@@H](CC(C)C)C(=O)N[C@@H](C)C(=O)NCC(=O)N[C@@H](Cc1c[nH]c2ccccc12)C(=O)N[C@@H](CS)C(=O)N[C@@H](C)C(=O)O. The number of hydrogen-bond donors (Lipinski definition) is 28. The van der Waals surface area contributed by atoms with Crippen LogP contribution < -0.4 is 108 Å². The van der Waals surface area contributed by atoms with E-state index in [1.54, 1.807) is 102 Å². The lowest BCUT2D eigenvalue weighted by Gasteiger charge is -2.30. The Morgan fingerprint density at radius 2 is 0.829 bits per heavy atom. The normalized spacial score (nSPS) is 15.4. The highest BCUT2D eigenvalue weighted by Gasteiger charge is 2.42. The van der Waals surface area contributed by atoms with Crippen molar-refractivity contribution in [1.82, 2.24) is 105 Å². The molecule has 15 atom stereocenters. The molecule has 1 aliphatic heterocycles. The molecule has 1 aliphatic rings. The maximum absolute atomic E-state index is 15.2. The minimum absolute atomic E-state index is 0.00405. The summed E-state index contributed by atoms with van der Waals surface area (Å²) in [6.45, 7) is 13.2. The van der Waals surface area contributed by atoms with Crippen molar-refractivity contribution in [3.05, 3.63) is 102 Å². The van der Waals surface area contributed by atoms with Gasteiger partial charge in [-0.1, -0.05) is 104 Å². The van der Waals surface area contributed by atoms with Crippen LogP contribution in [0.1, 0.15) is 150 Å². The quantitative estimate of drug-likeness (QED) is 0.00764. The number of carbonyl (C=O) groups is 19. The molecule has 5 aromatic rings. The number of thiol groups is 2. The van der Waals surface area contributed by atoms with Gasteiger partial charge in [0.2, 0.25) is 106 Å². The molecule has 0 aliphatic carbocycles. The molecule has 0 radical (unpaired) electrons. The number of aliphatic hydroxyl groups excluding tert-OH is 1. The summed E-state index contributed by atoms with van der Waals surface area (Å²) in [6, 6.07) is -1.18. The van der Waals surface area contributed by atoms with Crippen molar-refractivity contribution in [2.45, 2.75) is 243 Å². The number of amides is 18. The number of aliphatic carboxylic acids is 1. The molecule has 0 saturated carbocycles. The van der Waals surface area contributed by atoms with Crippen molar-refractivity contribution in [3.8, 4) is 5.75 Å². The summed E-state index contributed by atoms with van der Waals surface area (Å²) in [4.78, 5) is 270. The zero-order valence-corrected chi connectivity index (χ0v) is 81.9. The van der Waals surface area contributed by atoms with E-state index in [0.29, 0.717) is 38.5 Å². The highest BCUT2D eigenvalue weighted by atomic mass is 32.1. The van der Waals surface area contributed by atoms with Crippen LogP contribution >= 0.6 is 25.3 Å². The van der Waals surface area contributed by atoms with E-state index in [4.69, 9.17) is 22.6 Å². The van der Waals surface area contributed by atoms with Crippen LogP contribution in [0.3, 0.4) is 0 Å². The van der Waals surface area contributed by atoms with Crippen LogP contribution in [0.2, 0.25) is 0 Å². The molecule has 6 rings (SSSR count). The number of para-hydroxylation sites is 2. The molecule has 768 valence electrons. The third-order valence-electron chi connectivity index (χ3n) is 22.6. The summed E-state index contributed by atoms with van der Waals surface area (Å²) in [6.07, 6.45) is 2.16. The van der Waals surface area contributed by atoms with E-state index < -0.39 is 248 Å². The molecule has 1 fully saturated rings. The van der Waals surface area contributed by atoms with Gasteiger partial charge in [0, 0.05) is 84.5 Å². The Morgan fingerprint density at radius 3 is 1.31 bits per heavy atom. The first-order valence-corrected chi connectivity index (χ1v) is 47.6. The molecule has 3 aromatic carbocycles. The topological polar surface area (TPSA) is 726 Å².